The maximum Gasteiger partial charge on any atom is 0.317 e. The normalized spacial score (nSPS) is 18.3. The summed E-state index contributed by atoms with van der Waals surface area (Å²) in [4.78, 5) is 24.2. The summed E-state index contributed by atoms with van der Waals surface area (Å²) in [5, 5.41) is 11.5. The molecule has 1 atom stereocenters. The lowest BCUT2D eigenvalue weighted by molar-refractivity contribution is -0.137. The van der Waals surface area contributed by atoms with Crippen LogP contribution in [0.2, 0.25) is 0 Å². The quantitative estimate of drug-likeness (QED) is 0.513. The van der Waals surface area contributed by atoms with Crippen LogP contribution in [0.25, 0.3) is 0 Å². The number of carbonyl (C=O) groups is 2. The highest BCUT2D eigenvalue weighted by Gasteiger charge is 2.29. The molecule has 1 saturated heterocycles. The Hall–Kier alpha value is -1.56. The van der Waals surface area contributed by atoms with E-state index in [2.05, 4.69) is 11.9 Å². The number of rotatable bonds is 8. The zero-order valence-electron chi connectivity index (χ0n) is 11.1. The van der Waals surface area contributed by atoms with Crippen LogP contribution >= 0.6 is 0 Å². The second-order valence-corrected chi connectivity index (χ2v) is 4.51. The van der Waals surface area contributed by atoms with Crippen molar-refractivity contribution in [3.8, 4) is 0 Å². The molecule has 0 spiro atoms. The first-order valence-corrected chi connectivity index (χ1v) is 6.60. The summed E-state index contributed by atoms with van der Waals surface area (Å²) in [5.74, 6) is -0.863. The number of aliphatic carboxylic acids is 1. The van der Waals surface area contributed by atoms with E-state index in [0.717, 1.165) is 19.3 Å². The Morgan fingerprint density at radius 2 is 2.26 bits per heavy atom. The standard InChI is InChI=1S/C13H22N2O4/c1-2-3-8-19-9-6-14-13(18)15-7-4-5-11(15)10-12(16)17/h2,11H,1,3-10H2,(H,14,18)(H,16,17). The van der Waals surface area contributed by atoms with Gasteiger partial charge in [-0.2, -0.15) is 0 Å². The van der Waals surface area contributed by atoms with Gasteiger partial charge >= 0.3 is 12.0 Å². The predicted molar refractivity (Wildman–Crippen MR) is 71.0 cm³/mol. The van der Waals surface area contributed by atoms with E-state index in [0.29, 0.717) is 26.3 Å². The van der Waals surface area contributed by atoms with E-state index in [-0.39, 0.29) is 18.5 Å². The molecular weight excluding hydrogens is 248 g/mol. The average molecular weight is 270 g/mol. The largest absolute Gasteiger partial charge is 0.481 e. The number of amides is 2. The van der Waals surface area contributed by atoms with Crippen molar-refractivity contribution in [2.75, 3.05) is 26.3 Å². The van der Waals surface area contributed by atoms with Gasteiger partial charge in [-0.15, -0.1) is 6.58 Å². The fourth-order valence-corrected chi connectivity index (χ4v) is 2.12. The molecule has 1 aliphatic heterocycles. The van der Waals surface area contributed by atoms with E-state index in [1.165, 1.54) is 0 Å². The lowest BCUT2D eigenvalue weighted by atomic mass is 10.1. The molecule has 1 unspecified atom stereocenters. The molecule has 0 aromatic heterocycles. The lowest BCUT2D eigenvalue weighted by Crippen LogP contribution is -2.44. The van der Waals surface area contributed by atoms with Crippen molar-refractivity contribution in [2.24, 2.45) is 0 Å². The van der Waals surface area contributed by atoms with Crippen molar-refractivity contribution in [3.63, 3.8) is 0 Å². The summed E-state index contributed by atoms with van der Waals surface area (Å²) >= 11 is 0. The van der Waals surface area contributed by atoms with E-state index in [4.69, 9.17) is 9.84 Å². The smallest absolute Gasteiger partial charge is 0.317 e. The van der Waals surface area contributed by atoms with E-state index >= 15 is 0 Å². The molecule has 1 fully saturated rings. The first-order valence-electron chi connectivity index (χ1n) is 6.60. The molecule has 0 bridgehead atoms. The number of nitrogens with zero attached hydrogens (tertiary/aromatic N) is 1. The van der Waals surface area contributed by atoms with Crippen LogP contribution in [0.5, 0.6) is 0 Å². The van der Waals surface area contributed by atoms with Gasteiger partial charge in [-0.25, -0.2) is 4.79 Å². The van der Waals surface area contributed by atoms with Crippen molar-refractivity contribution in [3.05, 3.63) is 12.7 Å². The zero-order chi connectivity index (χ0) is 14.1. The Kier molecular flexibility index (Phi) is 6.95. The predicted octanol–water partition coefficient (Wildman–Crippen LogP) is 1.23. The molecular formula is C13H22N2O4. The summed E-state index contributed by atoms with van der Waals surface area (Å²) in [6.45, 7) is 5.71. The third kappa shape index (κ3) is 5.74. The highest BCUT2D eigenvalue weighted by Crippen LogP contribution is 2.19. The second kappa shape index (κ2) is 8.53. The molecule has 2 amide bonds. The van der Waals surface area contributed by atoms with Crippen molar-refractivity contribution >= 4 is 12.0 Å². The lowest BCUT2D eigenvalue weighted by Gasteiger charge is -2.23. The molecule has 108 valence electrons. The summed E-state index contributed by atoms with van der Waals surface area (Å²) in [6, 6.07) is -0.379. The fraction of sp³-hybridized carbons (Fsp3) is 0.692. The maximum atomic E-state index is 11.9. The van der Waals surface area contributed by atoms with Gasteiger partial charge in [0.05, 0.1) is 19.6 Å². The van der Waals surface area contributed by atoms with Crippen LogP contribution in [0.4, 0.5) is 4.79 Å². The van der Waals surface area contributed by atoms with Gasteiger partial charge in [-0.3, -0.25) is 4.79 Å². The Morgan fingerprint density at radius 3 is 2.95 bits per heavy atom. The average Bonchev–Trinajstić information content (AvgIpc) is 2.80. The highest BCUT2D eigenvalue weighted by atomic mass is 16.5. The van der Waals surface area contributed by atoms with Crippen LogP contribution in [-0.4, -0.2) is 54.4 Å². The number of hydrogen-bond donors (Lipinski definition) is 2. The van der Waals surface area contributed by atoms with Crippen LogP contribution in [0.1, 0.15) is 25.7 Å². The zero-order valence-corrected chi connectivity index (χ0v) is 11.1. The van der Waals surface area contributed by atoms with E-state index in [1.807, 2.05) is 0 Å². The van der Waals surface area contributed by atoms with E-state index in [1.54, 1.807) is 11.0 Å². The Bertz CT molecular complexity index is 320. The SMILES string of the molecule is C=CCCOCCNC(=O)N1CCCC1CC(=O)O. The molecule has 0 aromatic carbocycles. The van der Waals surface area contributed by atoms with Crippen LogP contribution < -0.4 is 5.32 Å². The number of carboxylic acid groups (broad SMARTS) is 1. The first-order chi connectivity index (χ1) is 9.15. The molecule has 0 radical (unpaired) electrons. The molecule has 19 heavy (non-hydrogen) atoms. The van der Waals surface area contributed by atoms with Crippen molar-refractivity contribution in [2.45, 2.75) is 31.7 Å². The summed E-state index contributed by atoms with van der Waals surface area (Å²) < 4.78 is 5.28. The number of nitrogens with one attached hydrogen (secondary N) is 1. The summed E-state index contributed by atoms with van der Waals surface area (Å²) in [6.07, 6.45) is 4.21. The van der Waals surface area contributed by atoms with Gasteiger partial charge in [0.25, 0.3) is 0 Å². The molecule has 0 aromatic rings. The number of ether oxygens (including phenoxy) is 1. The van der Waals surface area contributed by atoms with Gasteiger partial charge in [-0.05, 0) is 19.3 Å². The molecule has 1 rings (SSSR count). The molecule has 1 aliphatic rings. The van der Waals surface area contributed by atoms with Gasteiger partial charge in [0.2, 0.25) is 0 Å². The van der Waals surface area contributed by atoms with Gasteiger partial charge in [0, 0.05) is 19.1 Å². The third-order valence-electron chi connectivity index (χ3n) is 3.04. The Morgan fingerprint density at radius 1 is 1.47 bits per heavy atom. The van der Waals surface area contributed by atoms with Crippen molar-refractivity contribution in [1.29, 1.82) is 0 Å². The molecule has 6 heteroatoms. The van der Waals surface area contributed by atoms with E-state index in [9.17, 15) is 9.59 Å². The Labute approximate surface area is 113 Å². The number of carbonyl (C=O) groups excluding carboxylic acids is 1. The first kappa shape index (κ1) is 15.5. The van der Waals surface area contributed by atoms with Crippen molar-refractivity contribution < 1.29 is 19.4 Å². The molecule has 1 heterocycles. The van der Waals surface area contributed by atoms with E-state index < -0.39 is 5.97 Å². The minimum atomic E-state index is -0.863. The van der Waals surface area contributed by atoms with Gasteiger partial charge in [0.1, 0.15) is 0 Å². The number of likely N-dealkylation sites (tertiary alicyclic amines) is 1. The van der Waals surface area contributed by atoms with Crippen LogP contribution in [0.15, 0.2) is 12.7 Å². The summed E-state index contributed by atoms with van der Waals surface area (Å²) in [7, 11) is 0. The molecule has 2 N–H and O–H groups in total. The fourth-order valence-electron chi connectivity index (χ4n) is 2.12. The Balaban J connectivity index is 2.20. The van der Waals surface area contributed by atoms with Crippen LogP contribution in [0, 0.1) is 0 Å². The number of hydrogen-bond acceptors (Lipinski definition) is 3. The monoisotopic (exact) mass is 270 g/mol. The third-order valence-corrected chi connectivity index (χ3v) is 3.04. The van der Waals surface area contributed by atoms with Crippen LogP contribution in [0.3, 0.4) is 0 Å². The highest BCUT2D eigenvalue weighted by molar-refractivity contribution is 5.76. The van der Waals surface area contributed by atoms with Gasteiger partial charge in [0.15, 0.2) is 0 Å². The van der Waals surface area contributed by atoms with Gasteiger partial charge < -0.3 is 20.1 Å². The topological polar surface area (TPSA) is 78.9 Å². The minimum absolute atomic E-state index is 0.0171. The number of carboxylic acids is 1. The molecule has 0 saturated carbocycles. The molecule has 0 aliphatic carbocycles. The van der Waals surface area contributed by atoms with Gasteiger partial charge in [-0.1, -0.05) is 6.08 Å². The van der Waals surface area contributed by atoms with Crippen LogP contribution in [-0.2, 0) is 9.53 Å². The molecule has 6 nitrogen and oxygen atoms in total. The maximum absolute atomic E-state index is 11.9. The van der Waals surface area contributed by atoms with Crippen molar-refractivity contribution in [1.82, 2.24) is 10.2 Å². The number of urea groups is 1. The summed E-state index contributed by atoms with van der Waals surface area (Å²) in [5.41, 5.74) is 0. The minimum Gasteiger partial charge on any atom is -0.481 e. The second-order valence-electron chi connectivity index (χ2n) is 4.51.